The fourth-order valence-corrected chi connectivity index (χ4v) is 3.64. The van der Waals surface area contributed by atoms with Gasteiger partial charge in [-0.15, -0.1) is 0 Å². The molecule has 0 aliphatic heterocycles. The first-order valence-corrected chi connectivity index (χ1v) is 9.53. The topological polar surface area (TPSA) is 81.2 Å². The molecule has 4 rings (SSSR count). The number of H-pyrrole nitrogens is 1. The number of benzene rings is 3. The molecule has 0 unspecified atom stereocenters. The molecule has 0 saturated heterocycles. The summed E-state index contributed by atoms with van der Waals surface area (Å²) < 4.78 is 6.62. The van der Waals surface area contributed by atoms with Crippen molar-refractivity contribution in [3.8, 4) is 5.75 Å². The quantitative estimate of drug-likeness (QED) is 0.504. The van der Waals surface area contributed by atoms with Crippen LogP contribution in [0.1, 0.15) is 21.6 Å². The van der Waals surface area contributed by atoms with Gasteiger partial charge in [0.25, 0.3) is 5.56 Å². The minimum atomic E-state index is -0.639. The lowest BCUT2D eigenvalue weighted by molar-refractivity contribution is 0.0968. The average Bonchev–Trinajstić information content (AvgIpc) is 2.77. The second-order valence-electron chi connectivity index (χ2n) is 6.93. The fraction of sp³-hybridized carbons (Fsp3) is 0.125. The molecule has 0 atom stereocenters. The van der Waals surface area contributed by atoms with E-state index in [0.717, 1.165) is 16.3 Å². The van der Waals surface area contributed by atoms with E-state index in [1.165, 1.54) is 11.7 Å². The lowest BCUT2D eigenvalue weighted by Gasteiger charge is -2.16. The lowest BCUT2D eigenvalue weighted by atomic mass is 10.00. The van der Waals surface area contributed by atoms with Gasteiger partial charge in [-0.25, -0.2) is 4.79 Å². The molecule has 0 fully saturated rings. The van der Waals surface area contributed by atoms with Crippen molar-refractivity contribution < 1.29 is 9.53 Å². The zero-order chi connectivity index (χ0) is 21.1. The smallest absolute Gasteiger partial charge is 0.329 e. The number of carbonyl (C=O) groups excluding carboxylic acids is 1. The van der Waals surface area contributed by atoms with E-state index in [0.29, 0.717) is 11.3 Å². The Labute approximate surface area is 172 Å². The molecule has 0 saturated carbocycles. The van der Waals surface area contributed by atoms with Crippen LogP contribution in [0.3, 0.4) is 0 Å². The summed E-state index contributed by atoms with van der Waals surface area (Å²) in [4.78, 5) is 40.1. The normalized spacial score (nSPS) is 10.8. The molecule has 6 nitrogen and oxygen atoms in total. The zero-order valence-electron chi connectivity index (χ0n) is 16.4. The maximum absolute atomic E-state index is 12.8. The Morgan fingerprint density at radius 2 is 1.63 bits per heavy atom. The summed E-state index contributed by atoms with van der Waals surface area (Å²) in [5, 5.41) is 2.06. The standard InChI is InChI=1S/C24H20N2O4/c1-30-22-20(14-18-12-7-11-16-8-5-6-13-19(16)18)26(24(29)25-23(22)28)15-21(27)17-9-3-2-4-10-17/h2-13H,14-15H2,1H3,(H,25,28,29). The minimum absolute atomic E-state index is 0.0309. The van der Waals surface area contributed by atoms with Crippen molar-refractivity contribution in [2.75, 3.05) is 7.11 Å². The molecule has 6 heteroatoms. The summed E-state index contributed by atoms with van der Waals surface area (Å²) in [6.07, 6.45) is 0.270. The van der Waals surface area contributed by atoms with E-state index in [-0.39, 0.29) is 24.5 Å². The Bertz CT molecular complexity index is 1330. The molecule has 1 aromatic heterocycles. The molecule has 4 aromatic rings. The van der Waals surface area contributed by atoms with Gasteiger partial charge in [-0.2, -0.15) is 0 Å². The van der Waals surface area contributed by atoms with E-state index >= 15 is 0 Å². The Kier molecular flexibility index (Phi) is 5.30. The van der Waals surface area contributed by atoms with Gasteiger partial charge in [0.05, 0.1) is 19.3 Å². The number of aromatic amines is 1. The highest BCUT2D eigenvalue weighted by Crippen LogP contribution is 2.23. The summed E-state index contributed by atoms with van der Waals surface area (Å²) in [7, 11) is 1.38. The third-order valence-corrected chi connectivity index (χ3v) is 5.10. The number of hydrogen-bond donors (Lipinski definition) is 1. The Morgan fingerprint density at radius 3 is 2.40 bits per heavy atom. The van der Waals surface area contributed by atoms with Gasteiger partial charge in [0.15, 0.2) is 5.78 Å². The summed E-state index contributed by atoms with van der Waals surface area (Å²) in [6.45, 7) is -0.198. The predicted octanol–water partition coefficient (Wildman–Crippen LogP) is 3.17. The summed E-state index contributed by atoms with van der Waals surface area (Å²) in [5.41, 5.74) is 0.538. The first kappa shape index (κ1) is 19.4. The molecule has 3 aromatic carbocycles. The van der Waals surface area contributed by atoms with Crippen molar-refractivity contribution in [3.63, 3.8) is 0 Å². The van der Waals surface area contributed by atoms with Crippen LogP contribution in [0.4, 0.5) is 0 Å². The van der Waals surface area contributed by atoms with Crippen molar-refractivity contribution in [3.05, 3.63) is 110 Å². The molecule has 1 N–H and O–H groups in total. The number of carbonyl (C=O) groups is 1. The summed E-state index contributed by atoms with van der Waals surface area (Å²) >= 11 is 0. The third kappa shape index (κ3) is 3.67. The van der Waals surface area contributed by atoms with Gasteiger partial charge in [-0.1, -0.05) is 72.8 Å². The van der Waals surface area contributed by atoms with Crippen molar-refractivity contribution in [1.82, 2.24) is 9.55 Å². The van der Waals surface area contributed by atoms with Crippen LogP contribution < -0.4 is 16.0 Å². The number of nitrogens with one attached hydrogen (secondary N) is 1. The molecular weight excluding hydrogens is 380 g/mol. The van der Waals surface area contributed by atoms with Gasteiger partial charge < -0.3 is 4.74 Å². The Hall–Kier alpha value is -3.93. The average molecular weight is 400 g/mol. The number of methoxy groups -OCH3 is 1. The number of nitrogens with zero attached hydrogens (tertiary/aromatic N) is 1. The highest BCUT2D eigenvalue weighted by molar-refractivity contribution is 5.95. The monoisotopic (exact) mass is 400 g/mol. The van der Waals surface area contributed by atoms with Crippen LogP contribution in [-0.2, 0) is 13.0 Å². The van der Waals surface area contributed by atoms with Crippen molar-refractivity contribution in [2.24, 2.45) is 0 Å². The molecule has 0 bridgehead atoms. The minimum Gasteiger partial charge on any atom is -0.490 e. The van der Waals surface area contributed by atoms with Gasteiger partial charge in [-0.3, -0.25) is 19.1 Å². The molecular formula is C24H20N2O4. The molecule has 150 valence electrons. The maximum atomic E-state index is 12.8. The van der Waals surface area contributed by atoms with E-state index in [1.54, 1.807) is 24.3 Å². The molecule has 1 heterocycles. The van der Waals surface area contributed by atoms with E-state index in [1.807, 2.05) is 48.5 Å². The fourth-order valence-electron chi connectivity index (χ4n) is 3.64. The van der Waals surface area contributed by atoms with Gasteiger partial charge in [0, 0.05) is 12.0 Å². The second kappa shape index (κ2) is 8.21. The first-order chi connectivity index (χ1) is 14.6. The number of rotatable bonds is 6. The highest BCUT2D eigenvalue weighted by atomic mass is 16.5. The van der Waals surface area contributed by atoms with Crippen LogP contribution in [0.5, 0.6) is 5.75 Å². The number of aromatic nitrogens is 2. The molecule has 0 aliphatic carbocycles. The number of ether oxygens (including phenoxy) is 1. The Balaban J connectivity index is 1.84. The van der Waals surface area contributed by atoms with Gasteiger partial charge in [0.1, 0.15) is 0 Å². The first-order valence-electron chi connectivity index (χ1n) is 9.53. The van der Waals surface area contributed by atoms with E-state index in [9.17, 15) is 14.4 Å². The maximum Gasteiger partial charge on any atom is 0.329 e. The number of Topliss-reactive ketones (excluding diaryl/α,β-unsaturated/α-hetero) is 1. The van der Waals surface area contributed by atoms with E-state index in [2.05, 4.69) is 4.98 Å². The second-order valence-corrected chi connectivity index (χ2v) is 6.93. The van der Waals surface area contributed by atoms with E-state index < -0.39 is 11.2 Å². The third-order valence-electron chi connectivity index (χ3n) is 5.10. The van der Waals surface area contributed by atoms with Gasteiger partial charge in [-0.05, 0) is 16.3 Å². The van der Waals surface area contributed by atoms with Gasteiger partial charge >= 0.3 is 5.69 Å². The predicted molar refractivity (Wildman–Crippen MR) is 115 cm³/mol. The van der Waals surface area contributed by atoms with Crippen LogP contribution in [0.2, 0.25) is 0 Å². The van der Waals surface area contributed by atoms with Crippen LogP contribution in [-0.4, -0.2) is 22.4 Å². The number of ketones is 1. The zero-order valence-corrected chi connectivity index (χ0v) is 16.4. The largest absolute Gasteiger partial charge is 0.490 e. The van der Waals surface area contributed by atoms with Gasteiger partial charge in [0.2, 0.25) is 5.75 Å². The molecule has 0 spiro atoms. The number of hydrogen-bond acceptors (Lipinski definition) is 4. The van der Waals surface area contributed by atoms with Crippen LogP contribution in [0, 0.1) is 0 Å². The Morgan fingerprint density at radius 1 is 0.933 bits per heavy atom. The lowest BCUT2D eigenvalue weighted by Crippen LogP contribution is -2.35. The highest BCUT2D eigenvalue weighted by Gasteiger charge is 2.19. The molecule has 0 radical (unpaired) electrons. The van der Waals surface area contributed by atoms with Crippen molar-refractivity contribution >= 4 is 16.6 Å². The van der Waals surface area contributed by atoms with Crippen LogP contribution in [0.15, 0.2) is 82.4 Å². The number of fused-ring (bicyclic) bond motifs is 1. The summed E-state index contributed by atoms with van der Waals surface area (Å²) in [5.74, 6) is -0.200. The van der Waals surface area contributed by atoms with Crippen molar-refractivity contribution in [1.29, 1.82) is 0 Å². The SMILES string of the molecule is COc1c(Cc2cccc3ccccc23)n(CC(=O)c2ccccc2)c(=O)[nH]c1=O. The molecule has 0 aliphatic rings. The summed E-state index contributed by atoms with van der Waals surface area (Å²) in [6, 6.07) is 22.5. The molecule has 0 amide bonds. The molecule has 30 heavy (non-hydrogen) atoms. The van der Waals surface area contributed by atoms with Crippen LogP contribution in [0.25, 0.3) is 10.8 Å². The van der Waals surface area contributed by atoms with E-state index in [4.69, 9.17) is 4.74 Å². The van der Waals surface area contributed by atoms with Crippen LogP contribution >= 0.6 is 0 Å². The van der Waals surface area contributed by atoms with Crippen molar-refractivity contribution in [2.45, 2.75) is 13.0 Å².